The highest BCUT2D eigenvalue weighted by molar-refractivity contribution is 6.34. The largest absolute Gasteiger partial charge is 0.494 e. The number of anilines is 2. The summed E-state index contributed by atoms with van der Waals surface area (Å²) >= 11 is 6.27. The van der Waals surface area contributed by atoms with Crippen LogP contribution in [-0.2, 0) is 4.79 Å². The van der Waals surface area contributed by atoms with Crippen molar-refractivity contribution in [2.24, 2.45) is 0 Å². The molecule has 0 atom stereocenters. The summed E-state index contributed by atoms with van der Waals surface area (Å²) in [5.41, 5.74) is 1.79. The van der Waals surface area contributed by atoms with Crippen molar-refractivity contribution in [3.8, 4) is 5.75 Å². The average Bonchev–Trinajstić information content (AvgIpc) is 2.85. The third-order valence-corrected chi connectivity index (χ3v) is 6.34. The van der Waals surface area contributed by atoms with E-state index >= 15 is 0 Å². The first-order chi connectivity index (χ1) is 16.5. The number of unbranched alkanes of at least 4 members (excludes halogenated alkanes) is 3. The molecule has 0 heterocycles. The fourth-order valence-corrected chi connectivity index (χ4v) is 4.26. The standard InChI is InChI=1S/C27H36ClN3O3/c1-2-3-4-8-17-34-23-14-11-21(12-15-23)30-26(32)19-29-22-13-16-25(28)24(18-22)27(33)31-20-9-6-5-7-10-20/h11-16,18,20,29H,2-10,17,19H2,1H3,(H,30,32)(H,31,33). The molecule has 7 heteroatoms. The minimum atomic E-state index is -0.184. The second-order valence-corrected chi connectivity index (χ2v) is 9.25. The van der Waals surface area contributed by atoms with Crippen LogP contribution in [-0.4, -0.2) is 31.0 Å². The first-order valence-corrected chi connectivity index (χ1v) is 12.8. The number of carbonyl (C=O) groups excluding carboxylic acids is 2. The van der Waals surface area contributed by atoms with Crippen LogP contribution in [0.4, 0.5) is 11.4 Å². The molecule has 3 rings (SSSR count). The van der Waals surface area contributed by atoms with Gasteiger partial charge < -0.3 is 20.7 Å². The van der Waals surface area contributed by atoms with Crippen molar-refractivity contribution in [1.82, 2.24) is 5.32 Å². The van der Waals surface area contributed by atoms with Gasteiger partial charge in [0.05, 0.1) is 23.7 Å². The van der Waals surface area contributed by atoms with Crippen LogP contribution >= 0.6 is 11.6 Å². The topological polar surface area (TPSA) is 79.5 Å². The van der Waals surface area contributed by atoms with Gasteiger partial charge in [0.15, 0.2) is 0 Å². The summed E-state index contributed by atoms with van der Waals surface area (Å²) in [5, 5.41) is 9.42. The number of hydrogen-bond acceptors (Lipinski definition) is 4. The van der Waals surface area contributed by atoms with Gasteiger partial charge in [-0.3, -0.25) is 9.59 Å². The molecule has 2 aromatic rings. The average molecular weight is 486 g/mol. The first-order valence-electron chi connectivity index (χ1n) is 12.4. The normalized spacial score (nSPS) is 13.8. The van der Waals surface area contributed by atoms with Crippen molar-refractivity contribution in [1.29, 1.82) is 0 Å². The van der Waals surface area contributed by atoms with E-state index in [0.29, 0.717) is 28.6 Å². The Kier molecular flexibility index (Phi) is 10.5. The van der Waals surface area contributed by atoms with Crippen LogP contribution in [0, 0.1) is 0 Å². The van der Waals surface area contributed by atoms with Crippen LogP contribution in [0.25, 0.3) is 0 Å². The van der Waals surface area contributed by atoms with Crippen LogP contribution in [0.3, 0.4) is 0 Å². The van der Waals surface area contributed by atoms with Crippen molar-refractivity contribution in [2.75, 3.05) is 23.8 Å². The number of amides is 2. The van der Waals surface area contributed by atoms with Gasteiger partial charge in [-0.25, -0.2) is 0 Å². The lowest BCUT2D eigenvalue weighted by Gasteiger charge is -2.23. The highest BCUT2D eigenvalue weighted by Gasteiger charge is 2.18. The summed E-state index contributed by atoms with van der Waals surface area (Å²) in [4.78, 5) is 25.1. The predicted octanol–water partition coefficient (Wildman–Crippen LogP) is 6.41. The van der Waals surface area contributed by atoms with Crippen LogP contribution < -0.4 is 20.7 Å². The molecule has 3 N–H and O–H groups in total. The third-order valence-electron chi connectivity index (χ3n) is 6.01. The molecule has 184 valence electrons. The maximum Gasteiger partial charge on any atom is 0.253 e. The Hall–Kier alpha value is -2.73. The summed E-state index contributed by atoms with van der Waals surface area (Å²) in [6.07, 6.45) is 10.2. The van der Waals surface area contributed by atoms with Gasteiger partial charge in [-0.2, -0.15) is 0 Å². The number of halogens is 1. The smallest absolute Gasteiger partial charge is 0.253 e. The molecule has 1 aliphatic carbocycles. The quantitative estimate of drug-likeness (QED) is 0.303. The summed E-state index contributed by atoms with van der Waals surface area (Å²) in [6.45, 7) is 2.96. The number of ether oxygens (including phenoxy) is 1. The monoisotopic (exact) mass is 485 g/mol. The van der Waals surface area contributed by atoms with E-state index in [2.05, 4.69) is 22.9 Å². The molecule has 2 aromatic carbocycles. The fraction of sp³-hybridized carbons (Fsp3) is 0.481. The zero-order chi connectivity index (χ0) is 24.2. The molecule has 1 aliphatic rings. The number of nitrogens with one attached hydrogen (secondary N) is 3. The number of benzene rings is 2. The van der Waals surface area contributed by atoms with Crippen molar-refractivity contribution >= 4 is 34.8 Å². The van der Waals surface area contributed by atoms with Crippen molar-refractivity contribution in [3.63, 3.8) is 0 Å². The Morgan fingerprint density at radius 2 is 1.71 bits per heavy atom. The number of rotatable bonds is 12. The summed E-state index contributed by atoms with van der Waals surface area (Å²) in [7, 11) is 0. The van der Waals surface area contributed by atoms with E-state index in [1.165, 1.54) is 25.7 Å². The van der Waals surface area contributed by atoms with Crippen molar-refractivity contribution in [2.45, 2.75) is 70.8 Å². The molecule has 0 saturated heterocycles. The Balaban J connectivity index is 1.45. The summed E-state index contributed by atoms with van der Waals surface area (Å²) < 4.78 is 5.74. The Bertz CT molecular complexity index is 927. The Morgan fingerprint density at radius 1 is 0.971 bits per heavy atom. The molecule has 0 bridgehead atoms. The zero-order valence-electron chi connectivity index (χ0n) is 20.0. The first kappa shape index (κ1) is 25.9. The number of carbonyl (C=O) groups is 2. The molecular formula is C27H36ClN3O3. The lowest BCUT2D eigenvalue weighted by Crippen LogP contribution is -2.36. The molecule has 6 nitrogen and oxygen atoms in total. The second-order valence-electron chi connectivity index (χ2n) is 8.84. The van der Waals surface area contributed by atoms with E-state index < -0.39 is 0 Å². The molecule has 0 aliphatic heterocycles. The molecule has 0 unspecified atom stereocenters. The van der Waals surface area contributed by atoms with Gasteiger partial charge >= 0.3 is 0 Å². The fourth-order valence-electron chi connectivity index (χ4n) is 4.06. The lowest BCUT2D eigenvalue weighted by molar-refractivity contribution is -0.114. The molecule has 34 heavy (non-hydrogen) atoms. The maximum atomic E-state index is 12.7. The van der Waals surface area contributed by atoms with Crippen LogP contribution in [0.2, 0.25) is 5.02 Å². The van der Waals surface area contributed by atoms with E-state index in [0.717, 1.165) is 37.9 Å². The maximum absolute atomic E-state index is 12.7. The van der Waals surface area contributed by atoms with E-state index in [-0.39, 0.29) is 24.4 Å². The van der Waals surface area contributed by atoms with E-state index in [1.54, 1.807) is 18.2 Å². The van der Waals surface area contributed by atoms with Gasteiger partial charge in [-0.05, 0) is 61.7 Å². The van der Waals surface area contributed by atoms with Gasteiger partial charge in [0.2, 0.25) is 5.91 Å². The minimum absolute atomic E-state index is 0.0704. The van der Waals surface area contributed by atoms with E-state index in [9.17, 15) is 9.59 Å². The van der Waals surface area contributed by atoms with Crippen LogP contribution in [0.15, 0.2) is 42.5 Å². The van der Waals surface area contributed by atoms with Gasteiger partial charge in [-0.15, -0.1) is 0 Å². The third kappa shape index (κ3) is 8.56. The summed E-state index contributed by atoms with van der Waals surface area (Å²) in [5.74, 6) is 0.446. The predicted molar refractivity (Wildman–Crippen MR) is 139 cm³/mol. The molecule has 0 spiro atoms. The highest BCUT2D eigenvalue weighted by atomic mass is 35.5. The second kappa shape index (κ2) is 13.9. The van der Waals surface area contributed by atoms with Crippen LogP contribution in [0.1, 0.15) is 75.1 Å². The molecule has 2 amide bonds. The van der Waals surface area contributed by atoms with Crippen molar-refractivity contribution in [3.05, 3.63) is 53.1 Å². The molecular weight excluding hydrogens is 450 g/mol. The number of hydrogen-bond donors (Lipinski definition) is 3. The SMILES string of the molecule is CCCCCCOc1ccc(NC(=O)CNc2ccc(Cl)c(C(=O)NC3CCCCC3)c2)cc1. The van der Waals surface area contributed by atoms with Gasteiger partial charge in [0.1, 0.15) is 5.75 Å². The van der Waals surface area contributed by atoms with Gasteiger partial charge in [0.25, 0.3) is 5.91 Å². The minimum Gasteiger partial charge on any atom is -0.494 e. The molecule has 0 radical (unpaired) electrons. The lowest BCUT2D eigenvalue weighted by atomic mass is 9.95. The zero-order valence-corrected chi connectivity index (χ0v) is 20.8. The van der Waals surface area contributed by atoms with Gasteiger partial charge in [-0.1, -0.05) is 57.0 Å². The van der Waals surface area contributed by atoms with E-state index in [4.69, 9.17) is 16.3 Å². The van der Waals surface area contributed by atoms with E-state index in [1.807, 2.05) is 24.3 Å². The molecule has 0 aromatic heterocycles. The van der Waals surface area contributed by atoms with Gasteiger partial charge in [0, 0.05) is 17.4 Å². The highest BCUT2D eigenvalue weighted by Crippen LogP contribution is 2.23. The van der Waals surface area contributed by atoms with Crippen LogP contribution in [0.5, 0.6) is 5.75 Å². The summed E-state index contributed by atoms with van der Waals surface area (Å²) in [6, 6.07) is 12.7. The Labute approximate surface area is 207 Å². The molecule has 1 fully saturated rings. The van der Waals surface area contributed by atoms with Crippen molar-refractivity contribution < 1.29 is 14.3 Å². The molecule has 1 saturated carbocycles. The Morgan fingerprint density at radius 3 is 2.44 bits per heavy atom.